The molecule has 0 radical (unpaired) electrons. The summed E-state index contributed by atoms with van der Waals surface area (Å²) in [6, 6.07) is 2.74. The third-order valence-corrected chi connectivity index (χ3v) is 3.69. The Kier molecular flexibility index (Phi) is 3.32. The molecule has 0 saturated carbocycles. The maximum absolute atomic E-state index is 14.0. The average molecular weight is 291 g/mol. The van der Waals surface area contributed by atoms with Crippen LogP contribution in [0.15, 0.2) is 12.1 Å². The van der Waals surface area contributed by atoms with Crippen LogP contribution in [-0.4, -0.2) is 24.3 Å². The fourth-order valence-electron chi connectivity index (χ4n) is 2.52. The first-order chi connectivity index (χ1) is 10.0. The fourth-order valence-corrected chi connectivity index (χ4v) is 2.52. The van der Waals surface area contributed by atoms with Crippen LogP contribution in [0.25, 0.3) is 0 Å². The number of carbonyl (C=O) groups excluding carboxylic acids is 3. The molecule has 7 heteroatoms. The van der Waals surface area contributed by atoms with Gasteiger partial charge in [-0.2, -0.15) is 0 Å². The quantitative estimate of drug-likeness (QED) is 0.752. The second-order valence-corrected chi connectivity index (χ2v) is 5.23. The molecule has 1 fully saturated rings. The molecule has 0 spiro atoms. The van der Waals surface area contributed by atoms with Crippen LogP contribution in [0.5, 0.6) is 0 Å². The number of benzene rings is 1. The van der Waals surface area contributed by atoms with Gasteiger partial charge in [-0.15, -0.1) is 0 Å². The molecule has 3 amide bonds. The number of nitrogens with one attached hydrogen (secondary N) is 3. The number of carbonyl (C=O) groups is 3. The van der Waals surface area contributed by atoms with Crippen LogP contribution in [0.4, 0.5) is 15.8 Å². The van der Waals surface area contributed by atoms with Gasteiger partial charge in [-0.25, -0.2) is 4.39 Å². The Morgan fingerprint density at radius 1 is 1.24 bits per heavy atom. The van der Waals surface area contributed by atoms with Crippen molar-refractivity contribution >= 4 is 29.1 Å². The topological polar surface area (TPSA) is 87.3 Å². The molecule has 21 heavy (non-hydrogen) atoms. The Hall–Kier alpha value is -2.44. The summed E-state index contributed by atoms with van der Waals surface area (Å²) in [5.74, 6) is -1.77. The Labute approximate surface area is 120 Å². The molecule has 1 aromatic carbocycles. The number of halogens is 1. The smallest absolute Gasteiger partial charge is 0.229 e. The molecule has 0 aromatic heterocycles. The van der Waals surface area contributed by atoms with Gasteiger partial charge in [0.15, 0.2) is 0 Å². The molecule has 3 rings (SSSR count). The normalized spacial score (nSPS) is 20.5. The second kappa shape index (κ2) is 5.16. The maximum atomic E-state index is 14.0. The van der Waals surface area contributed by atoms with Crippen molar-refractivity contribution in [3.05, 3.63) is 23.5 Å². The molecular formula is C14H14FN3O3. The predicted octanol–water partition coefficient (Wildman–Crippen LogP) is 0.785. The highest BCUT2D eigenvalue weighted by Gasteiger charge is 2.28. The maximum Gasteiger partial charge on any atom is 0.229 e. The van der Waals surface area contributed by atoms with Crippen LogP contribution in [0, 0.1) is 11.7 Å². The molecule has 110 valence electrons. The van der Waals surface area contributed by atoms with E-state index in [2.05, 4.69) is 16.0 Å². The molecule has 2 heterocycles. The van der Waals surface area contributed by atoms with Gasteiger partial charge in [-0.3, -0.25) is 14.4 Å². The highest BCUT2D eigenvalue weighted by Crippen LogP contribution is 2.29. The molecule has 1 atom stereocenters. The standard InChI is InChI=1S/C14H14FN3O3/c15-9-3-7-1-2-12(19)17-10(7)5-11(9)18-14(21)8-4-13(20)16-6-8/h3,5,8H,1-2,4,6H2,(H,16,20)(H,17,19)(H,18,21). The van der Waals surface area contributed by atoms with Crippen molar-refractivity contribution in [1.82, 2.24) is 5.32 Å². The molecule has 2 aliphatic heterocycles. The van der Waals surface area contributed by atoms with Crippen molar-refractivity contribution in [2.24, 2.45) is 5.92 Å². The lowest BCUT2D eigenvalue weighted by molar-refractivity contribution is -0.123. The van der Waals surface area contributed by atoms with E-state index in [0.717, 1.165) is 0 Å². The van der Waals surface area contributed by atoms with Crippen molar-refractivity contribution < 1.29 is 18.8 Å². The lowest BCUT2D eigenvalue weighted by Crippen LogP contribution is -2.25. The third-order valence-electron chi connectivity index (χ3n) is 3.69. The first-order valence-electron chi connectivity index (χ1n) is 6.73. The molecule has 0 bridgehead atoms. The summed E-state index contributed by atoms with van der Waals surface area (Å²) in [5.41, 5.74) is 1.24. The van der Waals surface area contributed by atoms with E-state index in [-0.39, 0.29) is 30.5 Å². The molecular weight excluding hydrogens is 277 g/mol. The van der Waals surface area contributed by atoms with Crippen LogP contribution in [-0.2, 0) is 20.8 Å². The number of anilines is 2. The van der Waals surface area contributed by atoms with E-state index < -0.39 is 17.6 Å². The lowest BCUT2D eigenvalue weighted by atomic mass is 10.0. The van der Waals surface area contributed by atoms with Gasteiger partial charge in [0.25, 0.3) is 0 Å². The summed E-state index contributed by atoms with van der Waals surface area (Å²) in [7, 11) is 0. The van der Waals surface area contributed by atoms with Crippen LogP contribution < -0.4 is 16.0 Å². The molecule has 1 saturated heterocycles. The molecule has 1 unspecified atom stereocenters. The molecule has 1 aromatic rings. The van der Waals surface area contributed by atoms with Crippen LogP contribution in [0.1, 0.15) is 18.4 Å². The predicted molar refractivity (Wildman–Crippen MR) is 73.1 cm³/mol. The van der Waals surface area contributed by atoms with Crippen molar-refractivity contribution in [3.8, 4) is 0 Å². The second-order valence-electron chi connectivity index (χ2n) is 5.23. The summed E-state index contributed by atoms with van der Waals surface area (Å²) >= 11 is 0. The number of amides is 3. The minimum absolute atomic E-state index is 0.0142. The minimum atomic E-state index is -0.546. The van der Waals surface area contributed by atoms with Gasteiger partial charge in [0, 0.05) is 25.1 Å². The molecule has 6 nitrogen and oxygen atoms in total. The van der Waals surface area contributed by atoms with E-state index in [9.17, 15) is 18.8 Å². The van der Waals surface area contributed by atoms with E-state index in [1.165, 1.54) is 12.1 Å². The van der Waals surface area contributed by atoms with E-state index in [1.807, 2.05) is 0 Å². The summed E-state index contributed by atoms with van der Waals surface area (Å²) in [4.78, 5) is 34.4. The van der Waals surface area contributed by atoms with Gasteiger partial charge in [0.2, 0.25) is 17.7 Å². The van der Waals surface area contributed by atoms with Gasteiger partial charge >= 0.3 is 0 Å². The van der Waals surface area contributed by atoms with Crippen LogP contribution in [0.2, 0.25) is 0 Å². The zero-order valence-corrected chi connectivity index (χ0v) is 11.2. The van der Waals surface area contributed by atoms with Crippen molar-refractivity contribution in [2.75, 3.05) is 17.2 Å². The van der Waals surface area contributed by atoms with E-state index >= 15 is 0 Å². The Balaban J connectivity index is 1.79. The van der Waals surface area contributed by atoms with Crippen LogP contribution in [0.3, 0.4) is 0 Å². The summed E-state index contributed by atoms with van der Waals surface area (Å²) in [5, 5.41) is 7.69. The van der Waals surface area contributed by atoms with E-state index in [0.29, 0.717) is 24.1 Å². The van der Waals surface area contributed by atoms with Crippen molar-refractivity contribution in [3.63, 3.8) is 0 Å². The first kappa shape index (κ1) is 13.5. The zero-order valence-electron chi connectivity index (χ0n) is 11.2. The van der Waals surface area contributed by atoms with Gasteiger partial charge < -0.3 is 16.0 Å². The van der Waals surface area contributed by atoms with E-state index in [4.69, 9.17) is 0 Å². The van der Waals surface area contributed by atoms with Crippen molar-refractivity contribution in [1.29, 1.82) is 0 Å². The first-order valence-corrected chi connectivity index (χ1v) is 6.73. The highest BCUT2D eigenvalue weighted by molar-refractivity contribution is 5.99. The number of fused-ring (bicyclic) bond motifs is 1. The monoisotopic (exact) mass is 291 g/mol. The van der Waals surface area contributed by atoms with Gasteiger partial charge in [0.1, 0.15) is 5.82 Å². The fraction of sp³-hybridized carbons (Fsp3) is 0.357. The summed E-state index contributed by atoms with van der Waals surface area (Å²) < 4.78 is 14.0. The number of hydrogen-bond donors (Lipinski definition) is 3. The summed E-state index contributed by atoms with van der Waals surface area (Å²) in [6.45, 7) is 0.258. The largest absolute Gasteiger partial charge is 0.355 e. The van der Waals surface area contributed by atoms with Crippen molar-refractivity contribution in [2.45, 2.75) is 19.3 Å². The van der Waals surface area contributed by atoms with Gasteiger partial charge in [-0.05, 0) is 24.1 Å². The van der Waals surface area contributed by atoms with E-state index in [1.54, 1.807) is 0 Å². The number of aryl methyl sites for hydroxylation is 1. The number of rotatable bonds is 2. The third kappa shape index (κ3) is 2.72. The Morgan fingerprint density at radius 2 is 2.05 bits per heavy atom. The highest BCUT2D eigenvalue weighted by atomic mass is 19.1. The molecule has 0 aliphatic carbocycles. The number of hydrogen-bond acceptors (Lipinski definition) is 3. The van der Waals surface area contributed by atoms with Gasteiger partial charge in [0.05, 0.1) is 11.6 Å². The lowest BCUT2D eigenvalue weighted by Gasteiger charge is -2.19. The molecule has 2 aliphatic rings. The SMILES string of the molecule is O=C1CC(C(=O)Nc2cc3c(cc2F)CCC(=O)N3)CN1. The Morgan fingerprint density at radius 3 is 2.76 bits per heavy atom. The minimum Gasteiger partial charge on any atom is -0.355 e. The summed E-state index contributed by atoms with van der Waals surface area (Å²) in [6.07, 6.45) is 0.913. The van der Waals surface area contributed by atoms with Gasteiger partial charge in [-0.1, -0.05) is 0 Å². The zero-order chi connectivity index (χ0) is 15.0. The molecule has 3 N–H and O–H groups in total. The Bertz CT molecular complexity index is 645. The van der Waals surface area contributed by atoms with Crippen LogP contribution >= 0.6 is 0 Å². The average Bonchev–Trinajstić information content (AvgIpc) is 2.87.